The van der Waals surface area contributed by atoms with Gasteiger partial charge in [0.2, 0.25) is 0 Å². The van der Waals surface area contributed by atoms with Crippen LogP contribution in [0.25, 0.3) is 33.2 Å². The van der Waals surface area contributed by atoms with E-state index in [0.717, 1.165) is 122 Å². The van der Waals surface area contributed by atoms with Crippen molar-refractivity contribution in [3.8, 4) is 11.4 Å². The van der Waals surface area contributed by atoms with E-state index >= 15 is 0 Å². The van der Waals surface area contributed by atoms with Gasteiger partial charge in [-0.15, -0.1) is 0 Å². The van der Waals surface area contributed by atoms with Gasteiger partial charge >= 0.3 is 11.4 Å². The summed E-state index contributed by atoms with van der Waals surface area (Å²) in [6.07, 6.45) is 15.0. The molecule has 0 bridgehead atoms. The molecule has 3 N–H and O–H groups in total. The zero-order valence-electron chi connectivity index (χ0n) is 34.7. The number of aromatic amines is 1. The maximum Gasteiger partial charge on any atom is 0.341 e. The number of rotatable bonds is 6. The van der Waals surface area contributed by atoms with Crippen LogP contribution in [0.3, 0.4) is 0 Å². The molecule has 0 atom stereocenters. The van der Waals surface area contributed by atoms with Gasteiger partial charge in [-0.25, -0.2) is 14.2 Å². The van der Waals surface area contributed by atoms with Crippen LogP contribution in [-0.4, -0.2) is 139 Å². The third-order valence-electron chi connectivity index (χ3n) is 12.6. The van der Waals surface area contributed by atoms with Crippen molar-refractivity contribution in [3.63, 3.8) is 0 Å². The van der Waals surface area contributed by atoms with E-state index in [9.17, 15) is 9.59 Å². The highest BCUT2D eigenvalue weighted by atomic mass is 35.5. The summed E-state index contributed by atoms with van der Waals surface area (Å²) in [4.78, 5) is 26.4. The van der Waals surface area contributed by atoms with Crippen molar-refractivity contribution in [2.24, 2.45) is 0 Å². The number of piperidine rings is 2. The SMILES string of the molecule is CC1(N2CCC(c3cc4c(cnn4-c4cn[nH]c4)cc3Cl)CC2)COC1.CNC(=O)Cl.CNC(=O)n1cc(-n2ncc3cc(Cl)c(C4CCN(C5(C)COC5)CC4)cc32)cn1. The highest BCUT2D eigenvalue weighted by Gasteiger charge is 2.42. The van der Waals surface area contributed by atoms with Crippen LogP contribution >= 0.6 is 34.8 Å². The molecule has 10 rings (SSSR count). The number of nitrogens with zero attached hydrogens (tertiary/aromatic N) is 9. The van der Waals surface area contributed by atoms with Crippen molar-refractivity contribution in [2.45, 2.75) is 62.4 Å². The number of ether oxygens (including phenoxy) is 2. The second-order valence-electron chi connectivity index (χ2n) is 16.7. The van der Waals surface area contributed by atoms with Gasteiger partial charge in [-0.1, -0.05) is 23.2 Å². The van der Waals surface area contributed by atoms with Crippen LogP contribution in [0.2, 0.25) is 10.0 Å². The number of hydrogen-bond acceptors (Lipinski definition) is 10. The minimum absolute atomic E-state index is 0.197. The number of H-pyrrole nitrogens is 1. The van der Waals surface area contributed by atoms with Gasteiger partial charge < -0.3 is 20.1 Å². The Kier molecular flexibility index (Phi) is 12.8. The molecule has 324 valence electrons. The van der Waals surface area contributed by atoms with Crippen LogP contribution in [-0.2, 0) is 9.47 Å². The highest BCUT2D eigenvalue weighted by Crippen LogP contribution is 2.40. The van der Waals surface area contributed by atoms with E-state index in [1.807, 2.05) is 33.9 Å². The molecule has 16 nitrogen and oxygen atoms in total. The Morgan fingerprint density at radius 3 is 1.57 bits per heavy atom. The fourth-order valence-corrected chi connectivity index (χ4v) is 9.44. The highest BCUT2D eigenvalue weighted by molar-refractivity contribution is 6.62. The van der Waals surface area contributed by atoms with E-state index in [2.05, 4.69) is 71.9 Å². The first-order valence-electron chi connectivity index (χ1n) is 20.5. The topological polar surface area (TPSA) is 165 Å². The Morgan fingerprint density at radius 2 is 1.18 bits per heavy atom. The van der Waals surface area contributed by atoms with Crippen molar-refractivity contribution in [3.05, 3.63) is 82.6 Å². The van der Waals surface area contributed by atoms with Crippen LogP contribution in [0.1, 0.15) is 62.5 Å². The van der Waals surface area contributed by atoms with Gasteiger partial charge in [0.05, 0.1) is 79.5 Å². The Bertz CT molecular complexity index is 2480. The van der Waals surface area contributed by atoms with E-state index in [-0.39, 0.29) is 17.1 Å². The molecular formula is C42H51Cl3N12O4. The number of likely N-dealkylation sites (tertiary alicyclic amines) is 2. The third-order valence-corrected chi connectivity index (χ3v) is 13.4. The number of aromatic nitrogens is 8. The fraction of sp³-hybridized carbons (Fsp3) is 0.476. The number of halogens is 3. The smallest absolute Gasteiger partial charge is 0.341 e. The summed E-state index contributed by atoms with van der Waals surface area (Å²) in [5.74, 6) is 0.903. The molecule has 4 aliphatic heterocycles. The first kappa shape index (κ1) is 43.1. The molecule has 0 saturated carbocycles. The molecule has 0 aliphatic carbocycles. The fourth-order valence-electron chi connectivity index (χ4n) is 8.79. The van der Waals surface area contributed by atoms with Gasteiger partial charge in [-0.3, -0.25) is 19.7 Å². The minimum Gasteiger partial charge on any atom is -0.377 e. The normalized spacial score (nSPS) is 19.3. The molecule has 2 amide bonds. The van der Waals surface area contributed by atoms with Crippen molar-refractivity contribution < 1.29 is 19.1 Å². The molecule has 0 unspecified atom stereocenters. The number of hydrogen-bond donors (Lipinski definition) is 3. The number of benzene rings is 2. The Hall–Kier alpha value is -4.55. The first-order valence-corrected chi connectivity index (χ1v) is 21.7. The lowest BCUT2D eigenvalue weighted by Crippen LogP contribution is -2.61. The average Bonchev–Trinajstić information content (AvgIpc) is 4.09. The molecule has 6 aromatic rings. The maximum absolute atomic E-state index is 11.8. The van der Waals surface area contributed by atoms with E-state index < -0.39 is 5.37 Å². The number of fused-ring (bicyclic) bond motifs is 2. The molecule has 4 saturated heterocycles. The third kappa shape index (κ3) is 8.90. The van der Waals surface area contributed by atoms with Gasteiger partial charge in [0.25, 0.3) is 0 Å². The minimum atomic E-state index is -0.523. The van der Waals surface area contributed by atoms with Crippen LogP contribution in [0.4, 0.5) is 9.59 Å². The maximum atomic E-state index is 11.8. The van der Waals surface area contributed by atoms with Gasteiger partial charge in [0.1, 0.15) is 11.4 Å². The van der Waals surface area contributed by atoms with Gasteiger partial charge in [0, 0.05) is 41.1 Å². The lowest BCUT2D eigenvalue weighted by atomic mass is 9.86. The Balaban J connectivity index is 0.000000153. The van der Waals surface area contributed by atoms with E-state index in [0.29, 0.717) is 11.8 Å². The van der Waals surface area contributed by atoms with Crippen molar-refractivity contribution >= 4 is 68.0 Å². The Labute approximate surface area is 368 Å². The Morgan fingerprint density at radius 1 is 0.705 bits per heavy atom. The molecule has 61 heavy (non-hydrogen) atoms. The monoisotopic (exact) mass is 892 g/mol. The predicted octanol–water partition coefficient (Wildman–Crippen LogP) is 6.97. The first-order chi connectivity index (χ1) is 29.4. The standard InChI is InChI=1S/C21H25ClN6O2.C19H22ClN5O.C2H4ClNO/c1-21(12-30-13-21)26-5-3-14(4-6-26)17-8-19-15(7-18(17)22)9-25-28(19)16-10-24-27(11-16)20(29)23-2;1-19(11-26-12-19)24-4-2-13(3-5-24)16-7-18-14(6-17(16)20)8-23-25(18)15-9-21-22-10-15;1-4-2(3)5/h7-11,14H,3-6,12-13H2,1-2H3,(H,23,29);6-10,13H,2-5,11-12H2,1H3,(H,21,22);1H3,(H,4,5). The number of carbonyl (C=O) groups is 2. The van der Waals surface area contributed by atoms with Crippen LogP contribution in [0, 0.1) is 0 Å². The zero-order chi connectivity index (χ0) is 42.9. The van der Waals surface area contributed by atoms with E-state index in [1.165, 1.54) is 22.9 Å². The summed E-state index contributed by atoms with van der Waals surface area (Å²) in [5, 5.41) is 27.9. The summed E-state index contributed by atoms with van der Waals surface area (Å²) in [6, 6.07) is 8.11. The quantitative estimate of drug-likeness (QED) is 0.118. The van der Waals surface area contributed by atoms with Gasteiger partial charge in [0.15, 0.2) is 0 Å². The summed E-state index contributed by atoms with van der Waals surface area (Å²) < 4.78 is 15.9. The average molecular weight is 894 g/mol. The van der Waals surface area contributed by atoms with Crippen LogP contribution < -0.4 is 10.6 Å². The largest absolute Gasteiger partial charge is 0.377 e. The van der Waals surface area contributed by atoms with Crippen LogP contribution in [0.15, 0.2) is 61.4 Å². The van der Waals surface area contributed by atoms with Crippen molar-refractivity contribution in [1.29, 1.82) is 0 Å². The second-order valence-corrected chi connectivity index (χ2v) is 17.8. The summed E-state index contributed by atoms with van der Waals surface area (Å²) in [5.41, 5.74) is 6.54. The van der Waals surface area contributed by atoms with Gasteiger partial charge in [-0.2, -0.15) is 25.1 Å². The molecule has 4 fully saturated rings. The molecular weight excluding hydrogens is 843 g/mol. The predicted molar refractivity (Wildman–Crippen MR) is 236 cm³/mol. The number of amides is 2. The lowest BCUT2D eigenvalue weighted by molar-refractivity contribution is -0.136. The second kappa shape index (κ2) is 18.0. The summed E-state index contributed by atoms with van der Waals surface area (Å²) in [6.45, 7) is 12.3. The number of nitrogens with one attached hydrogen (secondary N) is 3. The lowest BCUT2D eigenvalue weighted by Gasteiger charge is -2.50. The van der Waals surface area contributed by atoms with Crippen molar-refractivity contribution in [2.75, 3.05) is 66.7 Å². The van der Waals surface area contributed by atoms with Gasteiger partial charge in [-0.05, 0) is 125 Å². The molecule has 19 heteroatoms. The van der Waals surface area contributed by atoms with Crippen LogP contribution in [0.5, 0.6) is 0 Å². The summed E-state index contributed by atoms with van der Waals surface area (Å²) in [7, 11) is 3.04. The molecule has 4 aromatic heterocycles. The zero-order valence-corrected chi connectivity index (χ0v) is 37.0. The summed E-state index contributed by atoms with van der Waals surface area (Å²) >= 11 is 18.0. The number of carbonyl (C=O) groups excluding carboxylic acids is 2. The van der Waals surface area contributed by atoms with Crippen molar-refractivity contribution in [1.82, 2.24) is 60.0 Å². The molecule has 8 heterocycles. The molecule has 0 spiro atoms. The molecule has 4 aliphatic rings. The molecule has 0 radical (unpaired) electrons. The van der Waals surface area contributed by atoms with E-state index in [4.69, 9.17) is 44.3 Å². The van der Waals surface area contributed by atoms with E-state index in [1.54, 1.807) is 31.8 Å². The molecule has 2 aromatic carbocycles.